The summed E-state index contributed by atoms with van der Waals surface area (Å²) in [7, 11) is 0. The minimum absolute atomic E-state index is 0.670. The lowest BCUT2D eigenvalue weighted by atomic mass is 9.95. The summed E-state index contributed by atoms with van der Waals surface area (Å²) in [6.45, 7) is 2.26. The van der Waals surface area contributed by atoms with Gasteiger partial charge in [0.1, 0.15) is 0 Å². The van der Waals surface area contributed by atoms with Gasteiger partial charge >= 0.3 is 0 Å². The van der Waals surface area contributed by atoms with Crippen LogP contribution < -0.4 is 5.32 Å². The fraction of sp³-hybridized carbons (Fsp3) is 0.417. The highest BCUT2D eigenvalue weighted by Crippen LogP contribution is 2.26. The Bertz CT molecular complexity index is 455. The van der Waals surface area contributed by atoms with Gasteiger partial charge in [0.05, 0.1) is 5.52 Å². The van der Waals surface area contributed by atoms with Crippen molar-refractivity contribution in [2.75, 3.05) is 13.1 Å². The summed E-state index contributed by atoms with van der Waals surface area (Å²) in [5.41, 5.74) is 2.57. The molecule has 0 radical (unpaired) electrons. The largest absolute Gasteiger partial charge is 0.317 e. The van der Waals surface area contributed by atoms with E-state index in [1.54, 1.807) is 0 Å². The molecule has 3 rings (SSSR count). The Morgan fingerprint density at radius 3 is 2.93 bits per heavy atom. The molecular formula is C12H15N3. The Morgan fingerprint density at radius 1 is 1.20 bits per heavy atom. The zero-order chi connectivity index (χ0) is 10.1. The molecule has 1 fully saturated rings. The average molecular weight is 201 g/mol. The molecule has 0 saturated carbocycles. The molecule has 0 aliphatic carbocycles. The molecule has 15 heavy (non-hydrogen) atoms. The van der Waals surface area contributed by atoms with Crippen molar-refractivity contribution in [1.29, 1.82) is 0 Å². The second kappa shape index (κ2) is 3.66. The number of nitrogens with zero attached hydrogens (tertiary/aromatic N) is 2. The van der Waals surface area contributed by atoms with Gasteiger partial charge in [-0.3, -0.25) is 0 Å². The molecule has 78 valence electrons. The van der Waals surface area contributed by atoms with Crippen LogP contribution in [0, 0.1) is 0 Å². The number of fused-ring (bicyclic) bond motifs is 1. The maximum atomic E-state index is 4.41. The van der Waals surface area contributed by atoms with E-state index >= 15 is 0 Å². The average Bonchev–Trinajstić information content (AvgIpc) is 2.74. The molecule has 3 nitrogen and oxygen atoms in total. The molecular weight excluding hydrogens is 186 g/mol. The van der Waals surface area contributed by atoms with E-state index in [4.69, 9.17) is 0 Å². The second-order valence-electron chi connectivity index (χ2n) is 4.14. The van der Waals surface area contributed by atoms with Crippen LogP contribution in [0.5, 0.6) is 0 Å². The molecule has 3 heterocycles. The highest BCUT2D eigenvalue weighted by molar-refractivity contribution is 5.48. The predicted octanol–water partition coefficient (Wildman–Crippen LogP) is 1.80. The number of hydrogen-bond acceptors (Lipinski definition) is 2. The standard InChI is InChI=1S/C12H15N3/c1-2-11-3-4-12(15(11)14-7-1)10-5-8-13-9-6-10/h1-4,7,10,13H,5-6,8-9H2. The Morgan fingerprint density at radius 2 is 2.07 bits per heavy atom. The third-order valence-electron chi connectivity index (χ3n) is 3.21. The molecule has 0 aromatic carbocycles. The molecule has 0 unspecified atom stereocenters. The molecule has 0 atom stereocenters. The first-order valence-electron chi connectivity index (χ1n) is 5.58. The predicted molar refractivity (Wildman–Crippen MR) is 60.0 cm³/mol. The first-order chi connectivity index (χ1) is 7.45. The third-order valence-corrected chi connectivity index (χ3v) is 3.21. The number of rotatable bonds is 1. The number of hydrogen-bond donors (Lipinski definition) is 1. The van der Waals surface area contributed by atoms with E-state index in [0.717, 1.165) is 13.1 Å². The van der Waals surface area contributed by atoms with Gasteiger partial charge in [-0.25, -0.2) is 4.52 Å². The van der Waals surface area contributed by atoms with Gasteiger partial charge in [-0.05, 0) is 50.2 Å². The summed E-state index contributed by atoms with van der Waals surface area (Å²) < 4.78 is 2.08. The van der Waals surface area contributed by atoms with Gasteiger partial charge in [0.2, 0.25) is 0 Å². The molecule has 1 aliphatic heterocycles. The van der Waals surface area contributed by atoms with E-state index in [2.05, 4.69) is 33.1 Å². The first-order valence-corrected chi connectivity index (χ1v) is 5.58. The minimum Gasteiger partial charge on any atom is -0.317 e. The quantitative estimate of drug-likeness (QED) is 0.762. The fourth-order valence-electron chi connectivity index (χ4n) is 2.39. The highest BCUT2D eigenvalue weighted by Gasteiger charge is 2.18. The minimum atomic E-state index is 0.670. The topological polar surface area (TPSA) is 29.3 Å². The van der Waals surface area contributed by atoms with Crippen molar-refractivity contribution in [3.05, 3.63) is 36.2 Å². The molecule has 0 spiro atoms. The molecule has 2 aromatic heterocycles. The van der Waals surface area contributed by atoms with Crippen LogP contribution in [0.4, 0.5) is 0 Å². The van der Waals surface area contributed by atoms with Crippen molar-refractivity contribution < 1.29 is 0 Å². The summed E-state index contributed by atoms with van der Waals surface area (Å²) in [6, 6.07) is 8.47. The number of nitrogens with one attached hydrogen (secondary N) is 1. The zero-order valence-corrected chi connectivity index (χ0v) is 8.69. The van der Waals surface area contributed by atoms with E-state index < -0.39 is 0 Å². The maximum Gasteiger partial charge on any atom is 0.0650 e. The summed E-state index contributed by atoms with van der Waals surface area (Å²) in [5.74, 6) is 0.670. The van der Waals surface area contributed by atoms with E-state index in [-0.39, 0.29) is 0 Å². The fourth-order valence-corrected chi connectivity index (χ4v) is 2.39. The second-order valence-corrected chi connectivity index (χ2v) is 4.14. The third kappa shape index (κ3) is 1.53. The van der Waals surface area contributed by atoms with Gasteiger partial charge in [-0.15, -0.1) is 0 Å². The first kappa shape index (κ1) is 8.92. The van der Waals surface area contributed by atoms with Crippen LogP contribution in [0.2, 0.25) is 0 Å². The van der Waals surface area contributed by atoms with Gasteiger partial charge in [0, 0.05) is 17.8 Å². The van der Waals surface area contributed by atoms with Gasteiger partial charge in [-0.2, -0.15) is 5.10 Å². The van der Waals surface area contributed by atoms with Gasteiger partial charge in [-0.1, -0.05) is 0 Å². The van der Waals surface area contributed by atoms with Crippen LogP contribution >= 0.6 is 0 Å². The van der Waals surface area contributed by atoms with Crippen molar-refractivity contribution in [1.82, 2.24) is 14.9 Å². The smallest absolute Gasteiger partial charge is 0.0650 e. The van der Waals surface area contributed by atoms with E-state index in [1.165, 1.54) is 24.1 Å². The molecule has 0 amide bonds. The normalized spacial score (nSPS) is 18.4. The zero-order valence-electron chi connectivity index (χ0n) is 8.69. The van der Waals surface area contributed by atoms with Crippen LogP contribution in [0.15, 0.2) is 30.5 Å². The molecule has 1 aliphatic rings. The molecule has 3 heteroatoms. The van der Waals surface area contributed by atoms with Crippen molar-refractivity contribution >= 4 is 5.52 Å². The summed E-state index contributed by atoms with van der Waals surface area (Å²) >= 11 is 0. The van der Waals surface area contributed by atoms with Crippen LogP contribution in [-0.4, -0.2) is 22.7 Å². The molecule has 1 saturated heterocycles. The summed E-state index contributed by atoms with van der Waals surface area (Å²) in [4.78, 5) is 0. The van der Waals surface area contributed by atoms with Crippen molar-refractivity contribution in [3.63, 3.8) is 0 Å². The van der Waals surface area contributed by atoms with Crippen LogP contribution in [0.1, 0.15) is 24.5 Å². The highest BCUT2D eigenvalue weighted by atomic mass is 15.2. The SMILES string of the molecule is c1cnn2c(C3CCNCC3)ccc2c1. The summed E-state index contributed by atoms with van der Waals surface area (Å²) in [6.07, 6.45) is 4.31. The lowest BCUT2D eigenvalue weighted by Crippen LogP contribution is -2.27. The van der Waals surface area contributed by atoms with Crippen molar-refractivity contribution in [3.8, 4) is 0 Å². The molecule has 2 aromatic rings. The van der Waals surface area contributed by atoms with Crippen LogP contribution in [-0.2, 0) is 0 Å². The lowest BCUT2D eigenvalue weighted by Gasteiger charge is -2.22. The molecule has 1 N–H and O–H groups in total. The van der Waals surface area contributed by atoms with Gasteiger partial charge in [0.25, 0.3) is 0 Å². The number of piperidine rings is 1. The maximum absolute atomic E-state index is 4.41. The summed E-state index contributed by atoms with van der Waals surface area (Å²) in [5, 5.41) is 7.81. The van der Waals surface area contributed by atoms with E-state index in [1.807, 2.05) is 12.3 Å². The molecule has 0 bridgehead atoms. The number of aromatic nitrogens is 2. The van der Waals surface area contributed by atoms with Crippen molar-refractivity contribution in [2.45, 2.75) is 18.8 Å². The van der Waals surface area contributed by atoms with E-state index in [9.17, 15) is 0 Å². The Hall–Kier alpha value is -1.35. The Balaban J connectivity index is 2.02. The van der Waals surface area contributed by atoms with Gasteiger partial charge in [0.15, 0.2) is 0 Å². The van der Waals surface area contributed by atoms with Crippen LogP contribution in [0.3, 0.4) is 0 Å². The van der Waals surface area contributed by atoms with Gasteiger partial charge < -0.3 is 5.32 Å². The van der Waals surface area contributed by atoms with Crippen LogP contribution in [0.25, 0.3) is 5.52 Å². The Kier molecular flexibility index (Phi) is 2.18. The lowest BCUT2D eigenvalue weighted by molar-refractivity contribution is 0.448. The van der Waals surface area contributed by atoms with Crippen molar-refractivity contribution in [2.24, 2.45) is 0 Å². The monoisotopic (exact) mass is 201 g/mol. The Labute approximate surface area is 89.1 Å². The van der Waals surface area contributed by atoms with E-state index in [0.29, 0.717) is 5.92 Å².